The maximum Gasteiger partial charge on any atom is 0.277 e. The molecule has 0 N–H and O–H groups in total. The van der Waals surface area contributed by atoms with Crippen LogP contribution in [-0.2, 0) is 12.8 Å². The molecule has 5 aromatic carbocycles. The van der Waals surface area contributed by atoms with Crippen LogP contribution in [0, 0.1) is 0 Å². The molecule has 0 atom stereocenters. The number of hydrogen-bond acceptors (Lipinski definition) is 4. The summed E-state index contributed by atoms with van der Waals surface area (Å²) in [6.07, 6.45) is 8.60. The Morgan fingerprint density at radius 2 is 1.04 bits per heavy atom. The zero-order valence-electron chi connectivity index (χ0n) is 33.2. The van der Waals surface area contributed by atoms with Crippen LogP contribution in [0.3, 0.4) is 0 Å². The monoisotopic (exact) mass is 754 g/mol. The van der Waals surface area contributed by atoms with Gasteiger partial charge in [0.2, 0.25) is 0 Å². The second-order valence-electron chi connectivity index (χ2n) is 16.9. The largest absolute Gasteiger partial charge is 0.310 e. The Balaban J connectivity index is 1.33. The van der Waals surface area contributed by atoms with E-state index >= 15 is 0 Å². The molecule has 10 rings (SSSR count). The van der Waals surface area contributed by atoms with Crippen molar-refractivity contribution in [1.82, 2.24) is 0 Å². The Labute approximate surface area is 335 Å². The Morgan fingerprint density at radius 1 is 0.582 bits per heavy atom. The number of rotatable bonds is 7. The van der Waals surface area contributed by atoms with Crippen molar-refractivity contribution in [2.24, 2.45) is 0 Å². The van der Waals surface area contributed by atoms with E-state index < -0.39 is 0 Å². The molecule has 1 aliphatic carbocycles. The van der Waals surface area contributed by atoms with Crippen LogP contribution in [0.5, 0.6) is 0 Å². The summed E-state index contributed by atoms with van der Waals surface area (Å²) in [6, 6.07) is 38.9. The third kappa shape index (κ3) is 5.63. The van der Waals surface area contributed by atoms with Crippen molar-refractivity contribution in [2.75, 3.05) is 9.80 Å². The molecule has 0 spiro atoms. The van der Waals surface area contributed by atoms with Crippen molar-refractivity contribution < 1.29 is 0 Å². The second kappa shape index (κ2) is 13.7. The fourth-order valence-electron chi connectivity index (χ4n) is 9.75. The highest BCUT2D eigenvalue weighted by Crippen LogP contribution is 2.52. The second-order valence-corrected chi connectivity index (χ2v) is 19.1. The lowest BCUT2D eigenvalue weighted by molar-refractivity contribution is 0.444. The van der Waals surface area contributed by atoms with E-state index in [4.69, 9.17) is 0 Å². The SMILES string of the molecule is CCc1ccc2sc3c(c2c1)N(c1ccc(C(C)C)cc1)c1cc(C2CCCCC2)cc2c1B3c1sc3ccc(CC)cc3c1N2c1ccc(C(C)C)cc1. The summed E-state index contributed by atoms with van der Waals surface area (Å²) in [5.41, 5.74) is 16.6. The quantitative estimate of drug-likeness (QED) is 0.150. The highest BCUT2D eigenvalue weighted by molar-refractivity contribution is 7.40. The molecule has 2 aliphatic heterocycles. The minimum absolute atomic E-state index is 0.165. The maximum absolute atomic E-state index is 2.69. The third-order valence-electron chi connectivity index (χ3n) is 12.9. The van der Waals surface area contributed by atoms with E-state index in [0.717, 1.165) is 12.8 Å². The van der Waals surface area contributed by atoms with Gasteiger partial charge in [-0.2, -0.15) is 0 Å². The molecule has 0 unspecified atom stereocenters. The Hall–Kier alpha value is -4.32. The molecule has 1 saturated carbocycles. The first-order valence-electron chi connectivity index (χ1n) is 20.9. The standard InChI is InChI=1S/C50H51BN2S2/c1-7-32-14-24-44-40(26-32)47-49(54-44)51-46-42(52(47)38-20-16-34(17-21-38)30(3)4)28-37(36-12-10-9-11-13-36)29-43(46)53(39-22-18-35(19-23-39)31(5)6)48-41-27-33(8-2)15-25-45(41)55-50(48)51/h14-31,36H,7-13H2,1-6H3. The minimum atomic E-state index is 0.165. The Morgan fingerprint density at radius 3 is 1.45 bits per heavy atom. The van der Waals surface area contributed by atoms with Gasteiger partial charge in [0.25, 0.3) is 6.71 Å². The summed E-state index contributed by atoms with van der Waals surface area (Å²) < 4.78 is 5.73. The van der Waals surface area contributed by atoms with E-state index in [0.29, 0.717) is 17.8 Å². The van der Waals surface area contributed by atoms with Crippen LogP contribution in [0.4, 0.5) is 34.1 Å². The molecule has 4 heterocycles. The molecule has 7 aromatic rings. The number of hydrogen-bond donors (Lipinski definition) is 0. The van der Waals surface area contributed by atoms with Crippen molar-refractivity contribution in [3.8, 4) is 0 Å². The average Bonchev–Trinajstić information content (AvgIpc) is 3.79. The smallest absolute Gasteiger partial charge is 0.277 e. The zero-order valence-corrected chi connectivity index (χ0v) is 34.8. The number of benzene rings is 5. The van der Waals surface area contributed by atoms with Gasteiger partial charge in [-0.3, -0.25) is 0 Å². The van der Waals surface area contributed by atoms with Gasteiger partial charge < -0.3 is 9.80 Å². The van der Waals surface area contributed by atoms with Gasteiger partial charge in [-0.25, -0.2) is 0 Å². The summed E-state index contributed by atoms with van der Waals surface area (Å²) in [4.78, 5) is 5.37. The molecule has 2 aromatic heterocycles. The molecule has 1 fully saturated rings. The van der Waals surface area contributed by atoms with Gasteiger partial charge in [0.15, 0.2) is 0 Å². The number of anilines is 6. The van der Waals surface area contributed by atoms with E-state index in [1.54, 1.807) is 0 Å². The van der Waals surface area contributed by atoms with Gasteiger partial charge in [0.1, 0.15) is 0 Å². The van der Waals surface area contributed by atoms with Gasteiger partial charge in [0.05, 0.1) is 11.4 Å². The molecule has 2 nitrogen and oxygen atoms in total. The summed E-state index contributed by atoms with van der Waals surface area (Å²) in [5.74, 6) is 1.55. The van der Waals surface area contributed by atoms with Gasteiger partial charge in [-0.15, -0.1) is 22.7 Å². The molecule has 0 amide bonds. The average molecular weight is 755 g/mol. The normalized spacial score (nSPS) is 15.4. The molecule has 5 heteroatoms. The number of nitrogens with zero attached hydrogens (tertiary/aromatic N) is 2. The highest BCUT2D eigenvalue weighted by Gasteiger charge is 2.47. The van der Waals surface area contributed by atoms with Gasteiger partial charge in [-0.05, 0) is 137 Å². The van der Waals surface area contributed by atoms with E-state index in [9.17, 15) is 0 Å². The lowest BCUT2D eigenvalue weighted by Crippen LogP contribution is -2.59. The maximum atomic E-state index is 2.69. The first kappa shape index (κ1) is 35.1. The molecule has 0 saturated heterocycles. The zero-order chi connectivity index (χ0) is 37.5. The van der Waals surface area contributed by atoms with Crippen LogP contribution >= 0.6 is 22.7 Å². The van der Waals surface area contributed by atoms with E-state index in [2.05, 4.69) is 148 Å². The fourth-order valence-corrected chi connectivity index (χ4v) is 12.4. The Bertz CT molecular complexity index is 2400. The van der Waals surface area contributed by atoms with E-state index in [1.807, 2.05) is 22.7 Å². The Kier molecular flexibility index (Phi) is 8.75. The lowest BCUT2D eigenvalue weighted by Gasteiger charge is -2.43. The van der Waals surface area contributed by atoms with Crippen molar-refractivity contribution in [1.29, 1.82) is 0 Å². The van der Waals surface area contributed by atoms with Crippen LogP contribution in [0.1, 0.15) is 119 Å². The number of thiophene rings is 2. The van der Waals surface area contributed by atoms with Crippen LogP contribution in [0.15, 0.2) is 97.1 Å². The molecular formula is C50H51BN2S2. The summed E-state index contributed by atoms with van der Waals surface area (Å²) in [7, 11) is 0. The van der Waals surface area contributed by atoms with Crippen molar-refractivity contribution >= 4 is 98.7 Å². The van der Waals surface area contributed by atoms with E-state index in [1.165, 1.54) is 129 Å². The molecule has 55 heavy (non-hydrogen) atoms. The van der Waals surface area contributed by atoms with Crippen molar-refractivity contribution in [2.45, 2.75) is 104 Å². The lowest BCUT2D eigenvalue weighted by atomic mass is 9.39. The predicted molar refractivity (Wildman–Crippen MR) is 244 cm³/mol. The van der Waals surface area contributed by atoms with Crippen LogP contribution in [0.2, 0.25) is 0 Å². The fraction of sp³-hybridized carbons (Fsp3) is 0.320. The van der Waals surface area contributed by atoms with Crippen LogP contribution < -0.4 is 24.8 Å². The minimum Gasteiger partial charge on any atom is -0.310 e. The predicted octanol–water partition coefficient (Wildman–Crippen LogP) is 13.6. The number of fused-ring (bicyclic) bond motifs is 8. The van der Waals surface area contributed by atoms with Crippen molar-refractivity contribution in [3.05, 3.63) is 125 Å². The summed E-state index contributed by atoms with van der Waals surface area (Å²) in [6.45, 7) is 13.9. The van der Waals surface area contributed by atoms with Crippen LogP contribution in [0.25, 0.3) is 20.2 Å². The first-order chi connectivity index (χ1) is 26.8. The first-order valence-corrected chi connectivity index (χ1v) is 22.5. The van der Waals surface area contributed by atoms with Gasteiger partial charge in [0, 0.05) is 52.5 Å². The topological polar surface area (TPSA) is 6.48 Å². The molecular weight excluding hydrogens is 704 g/mol. The molecule has 3 aliphatic rings. The van der Waals surface area contributed by atoms with Gasteiger partial charge >= 0.3 is 0 Å². The molecule has 0 radical (unpaired) electrons. The third-order valence-corrected chi connectivity index (χ3v) is 15.4. The summed E-state index contributed by atoms with van der Waals surface area (Å²) >= 11 is 4.05. The van der Waals surface area contributed by atoms with Crippen LogP contribution in [-0.4, -0.2) is 6.71 Å². The van der Waals surface area contributed by atoms with Crippen molar-refractivity contribution in [3.63, 3.8) is 0 Å². The van der Waals surface area contributed by atoms with E-state index in [-0.39, 0.29) is 6.71 Å². The van der Waals surface area contributed by atoms with Gasteiger partial charge in [-0.1, -0.05) is 97.2 Å². The number of aryl methyl sites for hydroxylation is 2. The molecule has 276 valence electrons. The molecule has 0 bridgehead atoms. The highest BCUT2D eigenvalue weighted by atomic mass is 32.1. The summed E-state index contributed by atoms with van der Waals surface area (Å²) in [5, 5.41) is 2.79.